The zero-order valence-electron chi connectivity index (χ0n) is 20.9. The third-order valence-electron chi connectivity index (χ3n) is 6.91. The number of piperazine rings is 1. The molecule has 8 nitrogen and oxygen atoms in total. The van der Waals surface area contributed by atoms with Gasteiger partial charge in [-0.1, -0.05) is 18.2 Å². The largest absolute Gasteiger partial charge is 0.497 e. The summed E-state index contributed by atoms with van der Waals surface area (Å²) >= 11 is 0. The van der Waals surface area contributed by atoms with E-state index in [-0.39, 0.29) is 17.4 Å². The average Bonchev–Trinajstić information content (AvgIpc) is 2.96. The van der Waals surface area contributed by atoms with Crippen molar-refractivity contribution in [3.8, 4) is 11.5 Å². The fourth-order valence-electron chi connectivity index (χ4n) is 4.83. The Bertz CT molecular complexity index is 1330. The van der Waals surface area contributed by atoms with Gasteiger partial charge in [-0.15, -0.1) is 0 Å². The van der Waals surface area contributed by atoms with E-state index in [1.54, 1.807) is 36.3 Å². The number of nitrogens with zero attached hydrogens (tertiary/aromatic N) is 3. The van der Waals surface area contributed by atoms with Gasteiger partial charge in [-0.05, 0) is 73.0 Å². The van der Waals surface area contributed by atoms with Gasteiger partial charge in [-0.25, -0.2) is 8.42 Å². The lowest BCUT2D eigenvalue weighted by Crippen LogP contribution is -2.50. The number of carbonyl (C=O) groups is 1. The number of rotatable bonds is 7. The van der Waals surface area contributed by atoms with Crippen LogP contribution >= 0.6 is 0 Å². The number of amides is 1. The molecule has 0 saturated carbocycles. The van der Waals surface area contributed by atoms with E-state index in [9.17, 15) is 13.2 Å². The van der Waals surface area contributed by atoms with Gasteiger partial charge in [0.1, 0.15) is 11.5 Å². The van der Waals surface area contributed by atoms with Crippen molar-refractivity contribution in [2.24, 2.45) is 0 Å². The quantitative estimate of drug-likeness (QED) is 0.473. The highest BCUT2D eigenvalue weighted by atomic mass is 32.2. The molecule has 1 fully saturated rings. The van der Waals surface area contributed by atoms with Crippen molar-refractivity contribution in [3.05, 3.63) is 78.4 Å². The monoisotopic (exact) mass is 521 g/mol. The summed E-state index contributed by atoms with van der Waals surface area (Å²) in [4.78, 5) is 17.0. The van der Waals surface area contributed by atoms with Gasteiger partial charge in [0.25, 0.3) is 15.9 Å². The van der Waals surface area contributed by atoms with Crippen LogP contribution in [0.5, 0.6) is 11.5 Å². The Morgan fingerprint density at radius 1 is 0.838 bits per heavy atom. The predicted octanol–water partition coefficient (Wildman–Crippen LogP) is 3.56. The summed E-state index contributed by atoms with van der Waals surface area (Å²) in [6, 6.07) is 21.8. The van der Waals surface area contributed by atoms with E-state index in [2.05, 4.69) is 4.90 Å². The van der Waals surface area contributed by atoms with E-state index in [0.29, 0.717) is 25.4 Å². The third-order valence-corrected chi connectivity index (χ3v) is 8.74. The molecule has 194 valence electrons. The van der Waals surface area contributed by atoms with Crippen LogP contribution in [0.2, 0.25) is 0 Å². The molecule has 0 N–H and O–H groups in total. The SMILES string of the molecule is COc1ccc(N2CCN(C(=O)COc3ccc(S(=O)(=O)N4CCCc5ccccc54)cc3)CC2)cc1. The lowest BCUT2D eigenvalue weighted by atomic mass is 10.0. The van der Waals surface area contributed by atoms with Crippen molar-refractivity contribution >= 4 is 27.3 Å². The van der Waals surface area contributed by atoms with E-state index in [1.165, 1.54) is 4.31 Å². The molecule has 9 heteroatoms. The Labute approximate surface area is 218 Å². The summed E-state index contributed by atoms with van der Waals surface area (Å²) in [7, 11) is -2.04. The van der Waals surface area contributed by atoms with Crippen LogP contribution in [-0.4, -0.2) is 65.7 Å². The first-order valence-electron chi connectivity index (χ1n) is 12.5. The first-order chi connectivity index (χ1) is 18.0. The third kappa shape index (κ3) is 5.36. The van der Waals surface area contributed by atoms with Crippen molar-refractivity contribution in [3.63, 3.8) is 0 Å². The Hall–Kier alpha value is -3.72. The highest BCUT2D eigenvalue weighted by Gasteiger charge is 2.29. The topological polar surface area (TPSA) is 79.4 Å². The molecule has 0 radical (unpaired) electrons. The maximum absolute atomic E-state index is 13.3. The number of benzene rings is 3. The lowest BCUT2D eigenvalue weighted by Gasteiger charge is -2.36. The second-order valence-corrected chi connectivity index (χ2v) is 11.0. The maximum Gasteiger partial charge on any atom is 0.264 e. The van der Waals surface area contributed by atoms with Crippen LogP contribution in [0.4, 0.5) is 11.4 Å². The van der Waals surface area contributed by atoms with Gasteiger partial charge in [0, 0.05) is 38.4 Å². The smallest absolute Gasteiger partial charge is 0.264 e. The molecule has 0 atom stereocenters. The minimum atomic E-state index is -3.68. The van der Waals surface area contributed by atoms with Gasteiger partial charge < -0.3 is 19.3 Å². The highest BCUT2D eigenvalue weighted by molar-refractivity contribution is 7.92. The Morgan fingerprint density at radius 2 is 1.51 bits per heavy atom. The molecule has 2 heterocycles. The lowest BCUT2D eigenvalue weighted by molar-refractivity contribution is -0.133. The van der Waals surface area contributed by atoms with Crippen LogP contribution in [0.25, 0.3) is 0 Å². The van der Waals surface area contributed by atoms with Crippen LogP contribution in [0.15, 0.2) is 77.7 Å². The fraction of sp³-hybridized carbons (Fsp3) is 0.321. The molecule has 37 heavy (non-hydrogen) atoms. The molecular formula is C28H31N3O5S. The highest BCUT2D eigenvalue weighted by Crippen LogP contribution is 2.32. The number of para-hydroxylation sites is 1. The number of ether oxygens (including phenoxy) is 2. The standard InChI is InChI=1S/C28H31N3O5S/c1-35-24-10-8-23(9-11-24)29-17-19-30(20-18-29)28(32)21-36-25-12-14-26(15-13-25)37(33,34)31-16-4-6-22-5-2-3-7-27(22)31/h2-3,5,7-15H,4,6,16-21H2,1H3. The molecule has 0 aliphatic carbocycles. The number of hydrogen-bond donors (Lipinski definition) is 0. The van der Waals surface area contributed by atoms with Crippen molar-refractivity contribution in [1.29, 1.82) is 0 Å². The Kier molecular flexibility index (Phi) is 7.23. The van der Waals surface area contributed by atoms with Crippen molar-refractivity contribution < 1.29 is 22.7 Å². The molecule has 1 saturated heterocycles. The summed E-state index contributed by atoms with van der Waals surface area (Å²) in [5.74, 6) is 1.19. The van der Waals surface area contributed by atoms with Gasteiger partial charge in [-0.2, -0.15) is 0 Å². The maximum atomic E-state index is 13.3. The molecule has 0 aromatic heterocycles. The van der Waals surface area contributed by atoms with E-state index >= 15 is 0 Å². The average molecular weight is 522 g/mol. The van der Waals surface area contributed by atoms with Crippen molar-refractivity contribution in [2.75, 3.05) is 55.6 Å². The molecular weight excluding hydrogens is 490 g/mol. The van der Waals surface area contributed by atoms with Gasteiger partial charge in [0.15, 0.2) is 6.61 Å². The van der Waals surface area contributed by atoms with E-state index in [0.717, 1.165) is 48.6 Å². The number of sulfonamides is 1. The van der Waals surface area contributed by atoms with Crippen molar-refractivity contribution in [1.82, 2.24) is 4.90 Å². The zero-order chi connectivity index (χ0) is 25.8. The first kappa shape index (κ1) is 25.0. The number of anilines is 2. The number of fused-ring (bicyclic) bond motifs is 1. The minimum Gasteiger partial charge on any atom is -0.497 e. The van der Waals surface area contributed by atoms with Crippen LogP contribution in [0, 0.1) is 0 Å². The number of aryl methyl sites for hydroxylation is 1. The fourth-order valence-corrected chi connectivity index (χ4v) is 6.37. The molecule has 0 unspecified atom stereocenters. The molecule has 2 aliphatic rings. The number of carbonyl (C=O) groups excluding carboxylic acids is 1. The number of hydrogen-bond acceptors (Lipinski definition) is 6. The summed E-state index contributed by atoms with van der Waals surface area (Å²) in [6.45, 7) is 3.08. The van der Waals surface area contributed by atoms with Crippen LogP contribution in [0.1, 0.15) is 12.0 Å². The van der Waals surface area contributed by atoms with E-state index < -0.39 is 10.0 Å². The molecule has 0 bridgehead atoms. The minimum absolute atomic E-state index is 0.0870. The Morgan fingerprint density at radius 3 is 2.22 bits per heavy atom. The van der Waals surface area contributed by atoms with Crippen LogP contribution in [-0.2, 0) is 21.2 Å². The molecule has 2 aliphatic heterocycles. The second-order valence-electron chi connectivity index (χ2n) is 9.14. The summed E-state index contributed by atoms with van der Waals surface area (Å²) < 4.78 is 39.0. The molecule has 0 spiro atoms. The Balaban J connectivity index is 1.15. The van der Waals surface area contributed by atoms with Crippen molar-refractivity contribution in [2.45, 2.75) is 17.7 Å². The molecule has 1 amide bonds. The van der Waals surface area contributed by atoms with Gasteiger partial charge in [0.2, 0.25) is 0 Å². The number of methoxy groups -OCH3 is 1. The van der Waals surface area contributed by atoms with Gasteiger partial charge in [0.05, 0.1) is 17.7 Å². The van der Waals surface area contributed by atoms with E-state index in [1.807, 2.05) is 48.5 Å². The second kappa shape index (κ2) is 10.7. The molecule has 5 rings (SSSR count). The predicted molar refractivity (Wildman–Crippen MR) is 143 cm³/mol. The normalized spacial score (nSPS) is 15.8. The van der Waals surface area contributed by atoms with Gasteiger partial charge in [-0.3, -0.25) is 9.10 Å². The molecule has 3 aromatic rings. The molecule has 3 aromatic carbocycles. The van der Waals surface area contributed by atoms with Crippen LogP contribution in [0.3, 0.4) is 0 Å². The van der Waals surface area contributed by atoms with Crippen LogP contribution < -0.4 is 18.7 Å². The summed E-state index contributed by atoms with van der Waals surface area (Å²) in [6.07, 6.45) is 1.66. The summed E-state index contributed by atoms with van der Waals surface area (Å²) in [5.41, 5.74) is 2.89. The zero-order valence-corrected chi connectivity index (χ0v) is 21.7. The summed E-state index contributed by atoms with van der Waals surface area (Å²) in [5, 5.41) is 0. The first-order valence-corrected chi connectivity index (χ1v) is 13.9. The van der Waals surface area contributed by atoms with E-state index in [4.69, 9.17) is 9.47 Å². The van der Waals surface area contributed by atoms with Gasteiger partial charge >= 0.3 is 0 Å².